The van der Waals surface area contributed by atoms with Gasteiger partial charge in [0.2, 0.25) is 10.0 Å². The summed E-state index contributed by atoms with van der Waals surface area (Å²) in [5.74, 6) is -0.111. The van der Waals surface area contributed by atoms with Gasteiger partial charge in [0.05, 0.1) is 17.0 Å². The number of carbonyl (C=O) groups excluding carboxylic acids is 1. The highest BCUT2D eigenvalue weighted by atomic mass is 32.2. The molecule has 26 heavy (non-hydrogen) atoms. The van der Waals surface area contributed by atoms with Gasteiger partial charge >= 0.3 is 0 Å². The number of nitrogens with one attached hydrogen (secondary N) is 1. The summed E-state index contributed by atoms with van der Waals surface area (Å²) in [5.41, 5.74) is 2.05. The molecule has 1 aliphatic rings. The number of anilines is 1. The molecule has 1 aromatic heterocycles. The zero-order valence-electron chi connectivity index (χ0n) is 14.8. The Morgan fingerprint density at radius 3 is 2.46 bits per heavy atom. The van der Waals surface area contributed by atoms with Gasteiger partial charge in [0.15, 0.2) is 0 Å². The van der Waals surface area contributed by atoms with Crippen LogP contribution in [-0.4, -0.2) is 61.1 Å². The van der Waals surface area contributed by atoms with Crippen molar-refractivity contribution in [3.63, 3.8) is 0 Å². The molecule has 0 saturated carbocycles. The molecule has 0 radical (unpaired) electrons. The molecule has 0 bridgehead atoms. The molecule has 0 spiro atoms. The number of benzene rings is 1. The third-order valence-corrected chi connectivity index (χ3v) is 7.22. The van der Waals surface area contributed by atoms with Gasteiger partial charge in [0.1, 0.15) is 5.00 Å². The smallest absolute Gasteiger partial charge is 0.258 e. The topological polar surface area (TPSA) is 82.6 Å². The lowest BCUT2D eigenvalue weighted by Crippen LogP contribution is -2.50. The Kier molecular flexibility index (Phi) is 5.59. The first-order chi connectivity index (χ1) is 12.4. The Morgan fingerprint density at radius 2 is 1.85 bits per heavy atom. The Morgan fingerprint density at radius 1 is 1.19 bits per heavy atom. The maximum atomic E-state index is 12.8. The van der Waals surface area contributed by atoms with Crippen LogP contribution in [0.2, 0.25) is 0 Å². The number of hydrogen-bond acceptors (Lipinski definition) is 6. The summed E-state index contributed by atoms with van der Waals surface area (Å²) in [7, 11) is -1.63. The van der Waals surface area contributed by atoms with Gasteiger partial charge in [0, 0.05) is 33.2 Å². The van der Waals surface area contributed by atoms with Gasteiger partial charge in [-0.1, -0.05) is 30.3 Å². The fourth-order valence-corrected chi connectivity index (χ4v) is 5.25. The first-order valence-corrected chi connectivity index (χ1v) is 10.8. The van der Waals surface area contributed by atoms with E-state index in [4.69, 9.17) is 0 Å². The van der Waals surface area contributed by atoms with E-state index in [2.05, 4.69) is 9.69 Å². The predicted octanol–water partition coefficient (Wildman–Crippen LogP) is 1.78. The lowest BCUT2D eigenvalue weighted by atomic mass is 10.2. The number of aryl methyl sites for hydroxylation is 1. The number of nitrogens with zero attached hydrogens (tertiary/aromatic N) is 3. The van der Waals surface area contributed by atoms with Crippen LogP contribution in [0.25, 0.3) is 0 Å². The van der Waals surface area contributed by atoms with Crippen LogP contribution in [0, 0.1) is 6.92 Å². The second kappa shape index (κ2) is 7.73. The van der Waals surface area contributed by atoms with E-state index in [9.17, 15) is 13.2 Å². The number of piperazine rings is 1. The second-order valence-electron chi connectivity index (χ2n) is 6.16. The minimum absolute atomic E-state index is 0.0146. The summed E-state index contributed by atoms with van der Waals surface area (Å²) < 4.78 is 30.9. The Balaban J connectivity index is 1.65. The van der Waals surface area contributed by atoms with Crippen molar-refractivity contribution in [2.24, 2.45) is 0 Å². The van der Waals surface area contributed by atoms with Gasteiger partial charge in [-0.15, -0.1) is 0 Å². The number of carbonyl (C=O) groups is 1. The summed E-state index contributed by atoms with van der Waals surface area (Å²) in [6.07, 6.45) is 0. The monoisotopic (exact) mass is 394 g/mol. The Hall–Kier alpha value is -1.97. The molecule has 1 amide bonds. The van der Waals surface area contributed by atoms with E-state index in [-0.39, 0.29) is 11.7 Å². The molecule has 0 atom stereocenters. The van der Waals surface area contributed by atoms with E-state index >= 15 is 0 Å². The SMILES string of the molecule is CNc1snc(C)c1C(=O)N1CCN(S(=O)(=O)Cc2ccccc2)CC1. The Labute approximate surface area is 157 Å². The molecule has 1 saturated heterocycles. The van der Waals surface area contributed by atoms with Crippen molar-refractivity contribution in [1.82, 2.24) is 13.6 Å². The molecule has 2 heterocycles. The average molecular weight is 395 g/mol. The highest BCUT2D eigenvalue weighted by Crippen LogP contribution is 2.26. The highest BCUT2D eigenvalue weighted by Gasteiger charge is 2.31. The molecule has 1 aliphatic heterocycles. The summed E-state index contributed by atoms with van der Waals surface area (Å²) >= 11 is 1.26. The third kappa shape index (κ3) is 3.89. The van der Waals surface area contributed by atoms with Crippen LogP contribution in [0.1, 0.15) is 21.6 Å². The fourth-order valence-electron chi connectivity index (χ4n) is 3.00. The number of hydrogen-bond donors (Lipinski definition) is 1. The standard InChI is InChI=1S/C17H22N4O3S2/c1-13-15(16(18-2)25-19-13)17(22)20-8-10-21(11-9-20)26(23,24)12-14-6-4-3-5-7-14/h3-7,18H,8-12H2,1-2H3. The second-order valence-corrected chi connectivity index (χ2v) is 8.90. The van der Waals surface area contributed by atoms with Crippen molar-refractivity contribution < 1.29 is 13.2 Å². The number of aromatic nitrogens is 1. The summed E-state index contributed by atoms with van der Waals surface area (Å²) in [6, 6.07) is 9.14. The normalized spacial score (nSPS) is 15.8. The van der Waals surface area contributed by atoms with Gasteiger partial charge in [-0.05, 0) is 24.0 Å². The van der Waals surface area contributed by atoms with Crippen molar-refractivity contribution >= 4 is 32.5 Å². The molecule has 1 fully saturated rings. The Bertz CT molecular complexity index is 873. The molecule has 3 rings (SSSR count). The predicted molar refractivity (Wildman–Crippen MR) is 103 cm³/mol. The molecule has 140 valence electrons. The first-order valence-electron chi connectivity index (χ1n) is 8.37. The molecule has 7 nitrogen and oxygen atoms in total. The zero-order chi connectivity index (χ0) is 18.7. The van der Waals surface area contributed by atoms with E-state index in [0.29, 0.717) is 37.4 Å². The van der Waals surface area contributed by atoms with Crippen LogP contribution < -0.4 is 5.32 Å². The van der Waals surface area contributed by atoms with Crippen LogP contribution in [0.4, 0.5) is 5.00 Å². The molecule has 0 unspecified atom stereocenters. The van der Waals surface area contributed by atoms with Crippen molar-refractivity contribution in [3.05, 3.63) is 47.2 Å². The van der Waals surface area contributed by atoms with E-state index in [1.54, 1.807) is 11.9 Å². The van der Waals surface area contributed by atoms with Gasteiger partial charge in [-0.25, -0.2) is 8.42 Å². The maximum Gasteiger partial charge on any atom is 0.258 e. The lowest BCUT2D eigenvalue weighted by Gasteiger charge is -2.34. The molecular formula is C17H22N4O3S2. The molecular weight excluding hydrogens is 372 g/mol. The van der Waals surface area contributed by atoms with Crippen LogP contribution in [0.15, 0.2) is 30.3 Å². The number of sulfonamides is 1. The summed E-state index contributed by atoms with van der Waals surface area (Å²) in [4.78, 5) is 14.5. The van der Waals surface area contributed by atoms with Crippen LogP contribution >= 0.6 is 11.5 Å². The van der Waals surface area contributed by atoms with Gasteiger partial charge in [-0.3, -0.25) is 4.79 Å². The first kappa shape index (κ1) is 18.8. The summed E-state index contributed by atoms with van der Waals surface area (Å²) in [6.45, 7) is 3.19. The van der Waals surface area contributed by atoms with E-state index < -0.39 is 10.0 Å². The van der Waals surface area contributed by atoms with Crippen LogP contribution in [0.3, 0.4) is 0 Å². The largest absolute Gasteiger partial charge is 0.378 e. The molecule has 1 N–H and O–H groups in total. The van der Waals surface area contributed by atoms with Crippen molar-refractivity contribution in [2.45, 2.75) is 12.7 Å². The van der Waals surface area contributed by atoms with Crippen molar-refractivity contribution in [2.75, 3.05) is 38.5 Å². The van der Waals surface area contributed by atoms with E-state index in [0.717, 1.165) is 10.6 Å². The quantitative estimate of drug-likeness (QED) is 0.836. The molecule has 9 heteroatoms. The minimum atomic E-state index is -3.39. The fraction of sp³-hybridized carbons (Fsp3) is 0.412. The van der Waals surface area contributed by atoms with E-state index in [1.807, 2.05) is 37.3 Å². The minimum Gasteiger partial charge on any atom is -0.378 e. The number of rotatable bonds is 5. The lowest BCUT2D eigenvalue weighted by molar-refractivity contribution is 0.0698. The van der Waals surface area contributed by atoms with Crippen LogP contribution in [-0.2, 0) is 15.8 Å². The number of amides is 1. The molecule has 2 aromatic rings. The maximum absolute atomic E-state index is 12.8. The van der Waals surface area contributed by atoms with Crippen molar-refractivity contribution in [3.8, 4) is 0 Å². The van der Waals surface area contributed by atoms with Gasteiger partial charge in [0.25, 0.3) is 5.91 Å². The van der Waals surface area contributed by atoms with Gasteiger partial charge < -0.3 is 10.2 Å². The molecule has 0 aliphatic carbocycles. The highest BCUT2D eigenvalue weighted by molar-refractivity contribution is 7.88. The van der Waals surface area contributed by atoms with E-state index in [1.165, 1.54) is 15.8 Å². The van der Waals surface area contributed by atoms with Crippen LogP contribution in [0.5, 0.6) is 0 Å². The zero-order valence-corrected chi connectivity index (χ0v) is 16.4. The molecule has 1 aromatic carbocycles. The summed E-state index contributed by atoms with van der Waals surface area (Å²) in [5, 5.41) is 3.74. The van der Waals surface area contributed by atoms with Crippen molar-refractivity contribution in [1.29, 1.82) is 0 Å². The van der Waals surface area contributed by atoms with Gasteiger partial charge in [-0.2, -0.15) is 8.68 Å². The third-order valence-electron chi connectivity index (χ3n) is 4.41. The average Bonchev–Trinajstić information content (AvgIpc) is 3.02.